The van der Waals surface area contributed by atoms with Crippen LogP contribution in [0.2, 0.25) is 0 Å². The van der Waals surface area contributed by atoms with Gasteiger partial charge in [-0.2, -0.15) is 11.8 Å². The summed E-state index contributed by atoms with van der Waals surface area (Å²) in [6.45, 7) is 14.5. The van der Waals surface area contributed by atoms with Crippen LogP contribution in [0.15, 0.2) is 0 Å². The van der Waals surface area contributed by atoms with Crippen molar-refractivity contribution in [3.05, 3.63) is 0 Å². The van der Waals surface area contributed by atoms with E-state index in [2.05, 4.69) is 55.9 Å². The minimum absolute atomic E-state index is 0.0458. The molecule has 0 spiro atoms. The molecule has 4 saturated carbocycles. The lowest BCUT2D eigenvalue weighted by atomic mass is 9.44. The molecule has 0 bridgehead atoms. The van der Waals surface area contributed by atoms with Crippen LogP contribution in [-0.4, -0.2) is 79.9 Å². The predicted molar refractivity (Wildman–Crippen MR) is 214 cm³/mol. The Balaban J connectivity index is 0.802. The summed E-state index contributed by atoms with van der Waals surface area (Å²) in [5.41, 5.74) is 0.976. The lowest BCUT2D eigenvalue weighted by Crippen LogP contribution is -2.54. The van der Waals surface area contributed by atoms with Gasteiger partial charge < -0.3 is 30.7 Å². The summed E-state index contributed by atoms with van der Waals surface area (Å²) in [4.78, 5) is 36.4. The Kier molecular flexibility index (Phi) is 14.4. The third kappa shape index (κ3) is 9.90. The molecule has 6 rings (SSSR count). The fourth-order valence-corrected chi connectivity index (χ4v) is 14.2. The van der Waals surface area contributed by atoms with Crippen molar-refractivity contribution in [1.29, 1.82) is 0 Å². The lowest BCUT2D eigenvalue weighted by Gasteiger charge is -2.61. The van der Waals surface area contributed by atoms with Gasteiger partial charge in [-0.1, -0.05) is 60.3 Å². The summed E-state index contributed by atoms with van der Waals surface area (Å²) >= 11 is 1.91. The van der Waals surface area contributed by atoms with Crippen LogP contribution in [-0.2, 0) is 19.1 Å². The van der Waals surface area contributed by atoms with Gasteiger partial charge >= 0.3 is 6.03 Å². The second-order valence-corrected chi connectivity index (χ2v) is 20.3. The third-order valence-electron chi connectivity index (χ3n) is 15.5. The zero-order chi connectivity index (χ0) is 37.6. The highest BCUT2D eigenvalue weighted by Crippen LogP contribution is 2.68. The molecular formula is C43H74N4O5S. The van der Waals surface area contributed by atoms with Gasteiger partial charge in [-0.3, -0.25) is 9.59 Å². The van der Waals surface area contributed by atoms with Crippen molar-refractivity contribution in [3.8, 4) is 0 Å². The van der Waals surface area contributed by atoms with Crippen LogP contribution in [0.4, 0.5) is 4.79 Å². The average molecular weight is 759 g/mol. The van der Waals surface area contributed by atoms with E-state index in [1.165, 1.54) is 64.2 Å². The fraction of sp³-hybridized carbons (Fsp3) is 0.930. The average Bonchev–Trinajstić information content (AvgIpc) is 3.80. The van der Waals surface area contributed by atoms with E-state index in [-0.39, 0.29) is 42.6 Å². The Morgan fingerprint density at radius 3 is 2.42 bits per heavy atom. The van der Waals surface area contributed by atoms with Crippen LogP contribution in [0.1, 0.15) is 137 Å². The highest BCUT2D eigenvalue weighted by molar-refractivity contribution is 8.00. The zero-order valence-electron chi connectivity index (χ0n) is 33.9. The molecule has 9 nitrogen and oxygen atoms in total. The van der Waals surface area contributed by atoms with E-state index in [1.807, 2.05) is 11.8 Å². The van der Waals surface area contributed by atoms with Gasteiger partial charge in [0.05, 0.1) is 31.4 Å². The largest absolute Gasteiger partial charge is 0.378 e. The Morgan fingerprint density at radius 2 is 1.62 bits per heavy atom. The summed E-state index contributed by atoms with van der Waals surface area (Å²) in [7, 11) is 0. The second kappa shape index (κ2) is 18.6. The summed E-state index contributed by atoms with van der Waals surface area (Å²) in [5, 5.41) is 12.3. The molecule has 4 amide bonds. The lowest BCUT2D eigenvalue weighted by molar-refractivity contribution is -0.144. The number of thioether (sulfide) groups is 1. The maximum Gasteiger partial charge on any atom is 0.315 e. The number of carbonyl (C=O) groups is 3. The molecule has 2 saturated heterocycles. The van der Waals surface area contributed by atoms with E-state index in [9.17, 15) is 14.4 Å². The molecule has 0 aromatic rings. The number of nitrogens with one attached hydrogen (secondary N) is 4. The number of ether oxygens (including phenoxy) is 2. The van der Waals surface area contributed by atoms with Gasteiger partial charge in [-0.05, 0) is 123 Å². The maximum atomic E-state index is 12.6. The van der Waals surface area contributed by atoms with Gasteiger partial charge in [0.1, 0.15) is 6.61 Å². The molecule has 6 aliphatic rings. The molecular weight excluding hydrogens is 685 g/mol. The molecule has 2 heterocycles. The first-order valence-corrected chi connectivity index (χ1v) is 22.9. The molecule has 1 unspecified atom stereocenters. The summed E-state index contributed by atoms with van der Waals surface area (Å²) in [5.74, 6) is 6.95. The number of amides is 4. The highest BCUT2D eigenvalue weighted by Gasteiger charge is 2.60. The normalized spacial score (nSPS) is 37.9. The molecule has 302 valence electrons. The quantitative estimate of drug-likeness (QED) is 0.0803. The van der Waals surface area contributed by atoms with Crippen molar-refractivity contribution in [2.45, 2.75) is 161 Å². The topological polar surface area (TPSA) is 118 Å². The second-order valence-electron chi connectivity index (χ2n) is 19.1. The van der Waals surface area contributed by atoms with E-state index >= 15 is 0 Å². The number of rotatable bonds is 19. The van der Waals surface area contributed by atoms with E-state index in [1.54, 1.807) is 0 Å². The smallest absolute Gasteiger partial charge is 0.315 e. The number of fused-ring (bicyclic) bond motifs is 6. The van der Waals surface area contributed by atoms with Crippen LogP contribution >= 0.6 is 11.8 Å². The molecule has 6 fully saturated rings. The van der Waals surface area contributed by atoms with Gasteiger partial charge in [-0.25, -0.2) is 4.79 Å². The van der Waals surface area contributed by atoms with Crippen LogP contribution < -0.4 is 21.3 Å². The van der Waals surface area contributed by atoms with Crippen molar-refractivity contribution in [3.63, 3.8) is 0 Å². The monoisotopic (exact) mass is 759 g/mol. The Bertz CT molecular complexity index is 1240. The Labute approximate surface area is 325 Å². The van der Waals surface area contributed by atoms with Crippen LogP contribution in [0.3, 0.4) is 0 Å². The number of hydrogen-bond acceptors (Lipinski definition) is 6. The molecule has 4 aliphatic carbocycles. The molecule has 0 aromatic carbocycles. The first-order chi connectivity index (χ1) is 25.5. The van der Waals surface area contributed by atoms with Crippen molar-refractivity contribution < 1.29 is 23.9 Å². The SMILES string of the molecule is CC(C)CCC[C@@H](C)[C@H]1CC[C@H]2[C@@H]3CCC4C[C@@H](OCC(=O)NCCOCCNC(=O)CCCC[C@@H]5SC[C@@H]6NC(=O)N[C@@H]65)CC[C@]4(C)[C@H]3CC[C@]12C. The molecule has 0 aromatic heterocycles. The van der Waals surface area contributed by atoms with E-state index in [4.69, 9.17) is 9.47 Å². The van der Waals surface area contributed by atoms with Crippen LogP contribution in [0.25, 0.3) is 0 Å². The molecule has 0 radical (unpaired) electrons. The maximum absolute atomic E-state index is 12.6. The van der Waals surface area contributed by atoms with Gasteiger partial charge in [-0.15, -0.1) is 0 Å². The summed E-state index contributed by atoms with van der Waals surface area (Å²) in [6, 6.07) is 0.419. The molecule has 10 heteroatoms. The molecule has 2 aliphatic heterocycles. The van der Waals surface area contributed by atoms with Gasteiger partial charge in [0.2, 0.25) is 11.8 Å². The molecule has 53 heavy (non-hydrogen) atoms. The number of carbonyl (C=O) groups excluding carboxylic acids is 3. The van der Waals surface area contributed by atoms with Crippen molar-refractivity contribution >= 4 is 29.6 Å². The highest BCUT2D eigenvalue weighted by atomic mass is 32.2. The summed E-state index contributed by atoms with van der Waals surface area (Å²) < 4.78 is 11.9. The van der Waals surface area contributed by atoms with Crippen molar-refractivity contribution in [2.75, 3.05) is 38.7 Å². The molecule has 4 N–H and O–H groups in total. The first kappa shape index (κ1) is 41.1. The zero-order valence-corrected chi connectivity index (χ0v) is 34.7. The van der Waals surface area contributed by atoms with Crippen molar-refractivity contribution in [2.24, 2.45) is 52.3 Å². The van der Waals surface area contributed by atoms with Crippen LogP contribution in [0.5, 0.6) is 0 Å². The van der Waals surface area contributed by atoms with E-state index < -0.39 is 0 Å². The first-order valence-electron chi connectivity index (χ1n) is 21.9. The number of hydrogen-bond donors (Lipinski definition) is 4. The van der Waals surface area contributed by atoms with Crippen molar-refractivity contribution in [1.82, 2.24) is 21.3 Å². The minimum atomic E-state index is -0.0715. The number of urea groups is 1. The van der Waals surface area contributed by atoms with E-state index in [0.717, 1.165) is 79.3 Å². The summed E-state index contributed by atoms with van der Waals surface area (Å²) in [6.07, 6.45) is 19.7. The van der Waals surface area contributed by atoms with E-state index in [0.29, 0.717) is 48.8 Å². The predicted octanol–water partition coefficient (Wildman–Crippen LogP) is 7.47. The third-order valence-corrected chi connectivity index (χ3v) is 17.0. The Morgan fingerprint density at radius 1 is 0.868 bits per heavy atom. The van der Waals surface area contributed by atoms with Gasteiger partial charge in [0.25, 0.3) is 0 Å². The molecule has 12 atom stereocenters. The Hall–Kier alpha value is -1.52. The van der Waals surface area contributed by atoms with Gasteiger partial charge in [0, 0.05) is 30.5 Å². The minimum Gasteiger partial charge on any atom is -0.378 e. The number of unbranched alkanes of at least 4 members (excludes halogenated alkanes) is 1. The standard InChI is InChI=1S/C43H74N4O5S/c1-28(2)9-8-10-29(3)33-15-16-34-32-14-13-30-25-31(17-19-42(30,4)35(32)18-20-43(33,34)5)52-26-39(49)45-22-24-51-23-21-44-38(48)12-7-6-11-37-40-36(27-53-37)46-41(50)47-40/h28-37,40H,6-27H2,1-5H3,(H,44,48)(H,45,49)(H2,46,47,50)/t29-,30?,31+,32+,33-,34+,35+,36+,37+,40+,42+,43-/m1/s1. The van der Waals surface area contributed by atoms with Gasteiger partial charge in [0.15, 0.2) is 0 Å². The van der Waals surface area contributed by atoms with Crippen LogP contribution in [0, 0.1) is 52.3 Å². The fourth-order valence-electron chi connectivity index (χ4n) is 12.6.